The van der Waals surface area contributed by atoms with Crippen LogP contribution in [0.4, 0.5) is 5.82 Å². The van der Waals surface area contributed by atoms with Gasteiger partial charge in [-0.25, -0.2) is 9.78 Å². The highest BCUT2D eigenvalue weighted by molar-refractivity contribution is 7.09. The Morgan fingerprint density at radius 3 is 2.88 bits per heavy atom. The van der Waals surface area contributed by atoms with Gasteiger partial charge in [0, 0.05) is 4.88 Å². The summed E-state index contributed by atoms with van der Waals surface area (Å²) in [5, 5.41) is 14.1. The van der Waals surface area contributed by atoms with Crippen molar-refractivity contribution in [2.75, 3.05) is 5.32 Å². The Morgan fingerprint density at radius 2 is 2.29 bits per heavy atom. The van der Waals surface area contributed by atoms with Crippen molar-refractivity contribution >= 4 is 23.1 Å². The van der Waals surface area contributed by atoms with Gasteiger partial charge in [0.05, 0.1) is 17.8 Å². The Kier molecular flexibility index (Phi) is 3.39. The molecule has 0 atom stereocenters. The Morgan fingerprint density at radius 1 is 1.47 bits per heavy atom. The highest BCUT2D eigenvalue weighted by atomic mass is 32.1. The maximum atomic E-state index is 10.8. The molecule has 0 bridgehead atoms. The van der Waals surface area contributed by atoms with Gasteiger partial charge < -0.3 is 10.4 Å². The van der Waals surface area contributed by atoms with E-state index < -0.39 is 5.97 Å². The number of nitrogens with one attached hydrogen (secondary N) is 1. The molecular weight excluding hydrogens is 236 g/mol. The van der Waals surface area contributed by atoms with Gasteiger partial charge in [-0.3, -0.25) is 0 Å². The molecule has 4 nitrogen and oxygen atoms in total. The molecule has 88 valence electrons. The van der Waals surface area contributed by atoms with E-state index >= 15 is 0 Å². The molecule has 0 aromatic carbocycles. The van der Waals surface area contributed by atoms with E-state index in [4.69, 9.17) is 5.11 Å². The number of carboxylic acids is 1. The van der Waals surface area contributed by atoms with Crippen molar-refractivity contribution in [2.24, 2.45) is 0 Å². The molecule has 2 rings (SSSR count). The monoisotopic (exact) mass is 248 g/mol. The first-order valence-electron chi connectivity index (χ1n) is 5.14. The van der Waals surface area contributed by atoms with E-state index in [0.29, 0.717) is 18.1 Å². The number of anilines is 1. The summed E-state index contributed by atoms with van der Waals surface area (Å²) in [5.41, 5.74) is 0.764. The largest absolute Gasteiger partial charge is 0.478 e. The molecule has 0 spiro atoms. The van der Waals surface area contributed by atoms with Gasteiger partial charge in [-0.15, -0.1) is 11.3 Å². The molecule has 2 aromatic heterocycles. The minimum atomic E-state index is -0.945. The fourth-order valence-corrected chi connectivity index (χ4v) is 2.12. The van der Waals surface area contributed by atoms with Crippen LogP contribution >= 0.6 is 11.3 Å². The number of pyridine rings is 1. The van der Waals surface area contributed by atoms with E-state index in [0.717, 1.165) is 0 Å². The van der Waals surface area contributed by atoms with Gasteiger partial charge in [0.2, 0.25) is 0 Å². The third-order valence-electron chi connectivity index (χ3n) is 2.34. The second-order valence-electron chi connectivity index (χ2n) is 3.57. The van der Waals surface area contributed by atoms with Crippen molar-refractivity contribution in [2.45, 2.75) is 13.5 Å². The second kappa shape index (κ2) is 4.97. The zero-order valence-corrected chi connectivity index (χ0v) is 10.1. The van der Waals surface area contributed by atoms with Crippen LogP contribution in [0.15, 0.2) is 29.6 Å². The Hall–Kier alpha value is -1.88. The highest BCUT2D eigenvalue weighted by Crippen LogP contribution is 2.13. The fourth-order valence-electron chi connectivity index (χ4n) is 1.48. The lowest BCUT2D eigenvalue weighted by molar-refractivity contribution is 0.0695. The number of aryl methyl sites for hydroxylation is 1. The van der Waals surface area contributed by atoms with Gasteiger partial charge in [0.15, 0.2) is 0 Å². The minimum absolute atomic E-state index is 0.242. The number of carboxylic acid groups (broad SMARTS) is 1. The second-order valence-corrected chi connectivity index (χ2v) is 4.60. The zero-order chi connectivity index (χ0) is 12.3. The normalized spacial score (nSPS) is 10.2. The van der Waals surface area contributed by atoms with E-state index in [1.807, 2.05) is 17.5 Å². The minimum Gasteiger partial charge on any atom is -0.478 e. The Bertz CT molecular complexity index is 523. The number of rotatable bonds is 4. The number of nitrogens with zero attached hydrogens (tertiary/aromatic N) is 1. The first-order valence-corrected chi connectivity index (χ1v) is 6.02. The van der Waals surface area contributed by atoms with Crippen molar-refractivity contribution in [1.29, 1.82) is 0 Å². The molecule has 17 heavy (non-hydrogen) atoms. The first-order chi connectivity index (χ1) is 8.16. The average Bonchev–Trinajstić information content (AvgIpc) is 2.78. The van der Waals surface area contributed by atoms with Gasteiger partial charge in [0.25, 0.3) is 0 Å². The molecular formula is C12H12N2O2S. The van der Waals surface area contributed by atoms with E-state index in [1.54, 1.807) is 30.4 Å². The van der Waals surface area contributed by atoms with Crippen LogP contribution in [0.1, 0.15) is 20.9 Å². The summed E-state index contributed by atoms with van der Waals surface area (Å²) < 4.78 is 0. The van der Waals surface area contributed by atoms with Crippen LogP contribution in [-0.4, -0.2) is 16.1 Å². The predicted molar refractivity (Wildman–Crippen MR) is 67.6 cm³/mol. The van der Waals surface area contributed by atoms with Gasteiger partial charge in [0.1, 0.15) is 5.82 Å². The molecule has 0 unspecified atom stereocenters. The van der Waals surface area contributed by atoms with E-state index in [9.17, 15) is 4.79 Å². The van der Waals surface area contributed by atoms with Crippen molar-refractivity contribution < 1.29 is 9.90 Å². The summed E-state index contributed by atoms with van der Waals surface area (Å²) in [6.07, 6.45) is 0. The Balaban J connectivity index is 2.07. The topological polar surface area (TPSA) is 62.2 Å². The van der Waals surface area contributed by atoms with E-state index in [-0.39, 0.29) is 5.56 Å². The number of hydrogen-bond acceptors (Lipinski definition) is 4. The SMILES string of the molecule is Cc1nc(NCc2cccs2)ccc1C(=O)O. The summed E-state index contributed by atoms with van der Waals surface area (Å²) in [4.78, 5) is 16.2. The number of aromatic carboxylic acids is 1. The summed E-state index contributed by atoms with van der Waals surface area (Å²) in [6, 6.07) is 7.29. The molecule has 2 heterocycles. The van der Waals surface area contributed by atoms with E-state index in [1.165, 1.54) is 4.88 Å². The summed E-state index contributed by atoms with van der Waals surface area (Å²) in [6.45, 7) is 2.40. The Labute approximate surface area is 103 Å². The smallest absolute Gasteiger partial charge is 0.337 e. The predicted octanol–water partition coefficient (Wildman–Crippen LogP) is 2.76. The third kappa shape index (κ3) is 2.82. The number of carbonyl (C=O) groups is 1. The number of aromatic nitrogens is 1. The molecule has 0 saturated heterocycles. The van der Waals surface area contributed by atoms with Crippen LogP contribution in [0.25, 0.3) is 0 Å². The molecule has 0 aliphatic rings. The van der Waals surface area contributed by atoms with Crippen LogP contribution in [0.3, 0.4) is 0 Å². The number of hydrogen-bond donors (Lipinski definition) is 2. The highest BCUT2D eigenvalue weighted by Gasteiger charge is 2.08. The van der Waals surface area contributed by atoms with Gasteiger partial charge in [-0.05, 0) is 30.5 Å². The third-order valence-corrected chi connectivity index (χ3v) is 3.22. The molecule has 0 aliphatic carbocycles. The molecule has 0 radical (unpaired) electrons. The van der Waals surface area contributed by atoms with Gasteiger partial charge >= 0.3 is 5.97 Å². The van der Waals surface area contributed by atoms with Crippen molar-refractivity contribution in [1.82, 2.24) is 4.98 Å². The average molecular weight is 248 g/mol. The quantitative estimate of drug-likeness (QED) is 0.873. The summed E-state index contributed by atoms with van der Waals surface area (Å²) in [5.74, 6) is -0.249. The first kappa shape index (κ1) is 11.6. The number of thiophene rings is 1. The lowest BCUT2D eigenvalue weighted by atomic mass is 10.2. The molecule has 2 aromatic rings. The molecule has 0 aliphatic heterocycles. The maximum Gasteiger partial charge on any atom is 0.337 e. The lowest BCUT2D eigenvalue weighted by Gasteiger charge is -2.06. The van der Waals surface area contributed by atoms with Gasteiger partial charge in [-0.1, -0.05) is 6.07 Å². The van der Waals surface area contributed by atoms with Crippen molar-refractivity contribution in [3.63, 3.8) is 0 Å². The molecule has 0 saturated carbocycles. The van der Waals surface area contributed by atoms with Crippen molar-refractivity contribution in [3.05, 3.63) is 45.8 Å². The maximum absolute atomic E-state index is 10.8. The molecule has 0 amide bonds. The van der Waals surface area contributed by atoms with Crippen LogP contribution in [0.2, 0.25) is 0 Å². The van der Waals surface area contributed by atoms with Gasteiger partial charge in [-0.2, -0.15) is 0 Å². The molecule has 2 N–H and O–H groups in total. The van der Waals surface area contributed by atoms with Crippen LogP contribution in [0.5, 0.6) is 0 Å². The zero-order valence-electron chi connectivity index (χ0n) is 9.30. The van der Waals surface area contributed by atoms with Crippen molar-refractivity contribution in [3.8, 4) is 0 Å². The fraction of sp³-hybridized carbons (Fsp3) is 0.167. The standard InChI is InChI=1S/C12H12N2O2S/c1-8-10(12(15)16)4-5-11(14-8)13-7-9-3-2-6-17-9/h2-6H,7H2,1H3,(H,13,14)(H,15,16). The van der Waals surface area contributed by atoms with E-state index in [2.05, 4.69) is 10.3 Å². The van der Waals surface area contributed by atoms with Crippen LogP contribution in [-0.2, 0) is 6.54 Å². The van der Waals surface area contributed by atoms with Crippen LogP contribution < -0.4 is 5.32 Å². The molecule has 5 heteroatoms. The molecule has 0 fully saturated rings. The summed E-state index contributed by atoms with van der Waals surface area (Å²) >= 11 is 1.67. The summed E-state index contributed by atoms with van der Waals surface area (Å²) in [7, 11) is 0. The lowest BCUT2D eigenvalue weighted by Crippen LogP contribution is -2.05. The van der Waals surface area contributed by atoms with Crippen LogP contribution in [0, 0.1) is 6.92 Å².